The molecule has 4 aromatic rings. The van der Waals surface area contributed by atoms with Crippen LogP contribution in [0, 0.1) is 0 Å². The van der Waals surface area contributed by atoms with E-state index in [1.54, 1.807) is 0 Å². The maximum Gasteiger partial charge on any atom is 0.234 e. The smallest absolute Gasteiger partial charge is 0.234 e. The summed E-state index contributed by atoms with van der Waals surface area (Å²) in [6, 6.07) is 15.7. The maximum absolute atomic E-state index is 12.4. The van der Waals surface area contributed by atoms with Crippen molar-refractivity contribution in [3.8, 4) is 0 Å². The first-order valence-electron chi connectivity index (χ1n) is 9.37. The second-order valence-corrected chi connectivity index (χ2v) is 7.43. The minimum Gasteiger partial charge on any atom is -0.451 e. The molecule has 0 aliphatic heterocycles. The summed E-state index contributed by atoms with van der Waals surface area (Å²) in [6.45, 7) is 4.12. The molecule has 6 heteroatoms. The molecular weight excluding hydrogens is 370 g/mol. The summed E-state index contributed by atoms with van der Waals surface area (Å²) in [7, 11) is 0. The van der Waals surface area contributed by atoms with E-state index in [0.29, 0.717) is 10.6 Å². The van der Waals surface area contributed by atoms with Gasteiger partial charge in [-0.3, -0.25) is 4.79 Å². The van der Waals surface area contributed by atoms with Crippen molar-refractivity contribution in [1.82, 2.24) is 9.97 Å². The molecule has 0 radical (unpaired) electrons. The van der Waals surface area contributed by atoms with E-state index < -0.39 is 0 Å². The number of aryl methyl sites for hydroxylation is 2. The third-order valence-electron chi connectivity index (χ3n) is 4.54. The van der Waals surface area contributed by atoms with Crippen molar-refractivity contribution < 1.29 is 9.21 Å². The molecule has 0 spiro atoms. The monoisotopic (exact) mass is 391 g/mol. The van der Waals surface area contributed by atoms with E-state index >= 15 is 0 Å². The minimum atomic E-state index is -0.0739. The number of amides is 1. The highest BCUT2D eigenvalue weighted by atomic mass is 32.2. The molecule has 0 atom stereocenters. The third kappa shape index (κ3) is 3.73. The molecule has 0 fully saturated rings. The highest BCUT2D eigenvalue weighted by Crippen LogP contribution is 2.33. The van der Waals surface area contributed by atoms with E-state index in [1.807, 2.05) is 55.5 Å². The van der Waals surface area contributed by atoms with Crippen molar-refractivity contribution in [2.24, 2.45) is 0 Å². The van der Waals surface area contributed by atoms with Crippen molar-refractivity contribution >= 4 is 45.4 Å². The number of furan rings is 1. The SMILES string of the molecule is CCc1ccc(NC(=O)CSc2nc(CC)nc3c2oc2ccccc23)cc1. The van der Waals surface area contributed by atoms with E-state index in [-0.39, 0.29) is 11.7 Å². The van der Waals surface area contributed by atoms with Crippen LogP contribution in [0.4, 0.5) is 5.69 Å². The van der Waals surface area contributed by atoms with Crippen LogP contribution in [0.2, 0.25) is 0 Å². The molecule has 28 heavy (non-hydrogen) atoms. The molecule has 2 aromatic carbocycles. The van der Waals surface area contributed by atoms with Crippen LogP contribution in [0.15, 0.2) is 58.0 Å². The standard InChI is InChI=1S/C22H21N3O2S/c1-3-14-9-11-15(12-10-14)23-19(26)13-28-22-21-20(24-18(4-2)25-22)16-7-5-6-8-17(16)27-21/h5-12H,3-4,13H2,1-2H3,(H,23,26). The van der Waals surface area contributed by atoms with Gasteiger partial charge in [0, 0.05) is 17.5 Å². The number of rotatable bonds is 6. The van der Waals surface area contributed by atoms with Crippen LogP contribution in [0.1, 0.15) is 25.2 Å². The summed E-state index contributed by atoms with van der Waals surface area (Å²) < 4.78 is 5.98. The Bertz CT molecular complexity index is 1140. The topological polar surface area (TPSA) is 68.0 Å². The zero-order valence-corrected chi connectivity index (χ0v) is 16.7. The number of thioether (sulfide) groups is 1. The van der Waals surface area contributed by atoms with Gasteiger partial charge in [-0.15, -0.1) is 0 Å². The number of anilines is 1. The van der Waals surface area contributed by atoms with E-state index in [1.165, 1.54) is 17.3 Å². The van der Waals surface area contributed by atoms with E-state index in [9.17, 15) is 4.79 Å². The van der Waals surface area contributed by atoms with Gasteiger partial charge < -0.3 is 9.73 Å². The first kappa shape index (κ1) is 18.5. The molecule has 4 rings (SSSR count). The van der Waals surface area contributed by atoms with Crippen molar-refractivity contribution in [1.29, 1.82) is 0 Å². The summed E-state index contributed by atoms with van der Waals surface area (Å²) in [5.41, 5.74) is 4.27. The van der Waals surface area contributed by atoms with Crippen molar-refractivity contribution in [2.75, 3.05) is 11.1 Å². The number of nitrogens with one attached hydrogen (secondary N) is 1. The zero-order chi connectivity index (χ0) is 19.5. The second-order valence-electron chi connectivity index (χ2n) is 6.46. The summed E-state index contributed by atoms with van der Waals surface area (Å²) in [6.07, 6.45) is 1.70. The van der Waals surface area contributed by atoms with Gasteiger partial charge in [-0.1, -0.05) is 49.9 Å². The zero-order valence-electron chi connectivity index (χ0n) is 15.9. The van der Waals surface area contributed by atoms with Gasteiger partial charge in [0.2, 0.25) is 5.91 Å². The van der Waals surface area contributed by atoms with Crippen molar-refractivity contribution in [3.63, 3.8) is 0 Å². The fourth-order valence-electron chi connectivity index (χ4n) is 3.02. The molecule has 5 nitrogen and oxygen atoms in total. The van der Waals surface area contributed by atoms with Gasteiger partial charge in [-0.05, 0) is 36.2 Å². The number of para-hydroxylation sites is 1. The molecule has 0 saturated heterocycles. The average Bonchev–Trinajstić information content (AvgIpc) is 3.11. The van der Waals surface area contributed by atoms with Crippen LogP contribution in [0.25, 0.3) is 22.1 Å². The Morgan fingerprint density at radius 2 is 1.82 bits per heavy atom. The van der Waals surface area contributed by atoms with Gasteiger partial charge in [0.1, 0.15) is 22.0 Å². The van der Waals surface area contributed by atoms with E-state index in [4.69, 9.17) is 4.42 Å². The molecule has 1 amide bonds. The fourth-order valence-corrected chi connectivity index (χ4v) is 3.80. The number of fused-ring (bicyclic) bond motifs is 3. The lowest BCUT2D eigenvalue weighted by Crippen LogP contribution is -2.14. The molecule has 2 heterocycles. The van der Waals surface area contributed by atoms with Gasteiger partial charge in [0.25, 0.3) is 0 Å². The summed E-state index contributed by atoms with van der Waals surface area (Å²) >= 11 is 1.37. The summed E-state index contributed by atoms with van der Waals surface area (Å²) in [4.78, 5) is 21.6. The highest BCUT2D eigenvalue weighted by molar-refractivity contribution is 8.00. The Morgan fingerprint density at radius 1 is 1.04 bits per heavy atom. The molecule has 2 aromatic heterocycles. The Balaban J connectivity index is 1.55. The fraction of sp³-hybridized carbons (Fsp3) is 0.227. The molecule has 0 aliphatic rings. The molecule has 0 aliphatic carbocycles. The van der Waals surface area contributed by atoms with Crippen LogP contribution in [-0.4, -0.2) is 21.6 Å². The van der Waals surface area contributed by atoms with Crippen LogP contribution in [-0.2, 0) is 17.6 Å². The van der Waals surface area contributed by atoms with Crippen LogP contribution < -0.4 is 5.32 Å². The first-order chi connectivity index (χ1) is 13.7. The lowest BCUT2D eigenvalue weighted by molar-refractivity contribution is -0.113. The minimum absolute atomic E-state index is 0.0739. The predicted molar refractivity (Wildman–Crippen MR) is 114 cm³/mol. The van der Waals surface area contributed by atoms with Gasteiger partial charge in [0.15, 0.2) is 5.58 Å². The molecular formula is C22H21N3O2S. The van der Waals surface area contributed by atoms with Gasteiger partial charge in [0.05, 0.1) is 5.75 Å². The predicted octanol–water partition coefficient (Wildman–Crippen LogP) is 5.23. The van der Waals surface area contributed by atoms with E-state index in [0.717, 1.165) is 40.8 Å². The Labute approximate surface area is 167 Å². The van der Waals surface area contributed by atoms with Crippen molar-refractivity contribution in [2.45, 2.75) is 31.7 Å². The maximum atomic E-state index is 12.4. The number of hydrogen-bond donors (Lipinski definition) is 1. The molecule has 142 valence electrons. The van der Waals surface area contributed by atoms with Crippen LogP contribution in [0.3, 0.4) is 0 Å². The number of aromatic nitrogens is 2. The number of hydrogen-bond acceptors (Lipinski definition) is 5. The molecule has 1 N–H and O–H groups in total. The Kier molecular flexibility index (Phi) is 5.30. The first-order valence-corrected chi connectivity index (χ1v) is 10.4. The van der Waals surface area contributed by atoms with Gasteiger partial charge in [-0.25, -0.2) is 9.97 Å². The second kappa shape index (κ2) is 8.02. The quantitative estimate of drug-likeness (QED) is 0.360. The number of carbonyl (C=O) groups is 1. The highest BCUT2D eigenvalue weighted by Gasteiger charge is 2.16. The summed E-state index contributed by atoms with van der Waals surface area (Å²) in [5.74, 6) is 0.925. The molecule has 0 bridgehead atoms. The number of benzene rings is 2. The summed E-state index contributed by atoms with van der Waals surface area (Å²) in [5, 5.41) is 4.61. The van der Waals surface area contributed by atoms with Crippen LogP contribution in [0.5, 0.6) is 0 Å². The molecule has 0 saturated carbocycles. The van der Waals surface area contributed by atoms with E-state index in [2.05, 4.69) is 22.2 Å². The number of nitrogens with zero attached hydrogens (tertiary/aromatic N) is 2. The lowest BCUT2D eigenvalue weighted by Gasteiger charge is -2.07. The van der Waals surface area contributed by atoms with Gasteiger partial charge in [-0.2, -0.15) is 0 Å². The lowest BCUT2D eigenvalue weighted by atomic mass is 10.1. The third-order valence-corrected chi connectivity index (χ3v) is 5.49. The van der Waals surface area contributed by atoms with Crippen LogP contribution >= 0.6 is 11.8 Å². The van der Waals surface area contributed by atoms with Gasteiger partial charge >= 0.3 is 0 Å². The molecule has 0 unspecified atom stereocenters. The largest absolute Gasteiger partial charge is 0.451 e. The average molecular weight is 391 g/mol. The number of carbonyl (C=O) groups excluding carboxylic acids is 1. The Hall–Kier alpha value is -2.86. The van der Waals surface area contributed by atoms with Crippen molar-refractivity contribution in [3.05, 3.63) is 59.9 Å². The normalized spacial score (nSPS) is 11.2. The Morgan fingerprint density at radius 3 is 2.57 bits per heavy atom.